The summed E-state index contributed by atoms with van der Waals surface area (Å²) in [5, 5.41) is 3.33. The lowest BCUT2D eigenvalue weighted by Gasteiger charge is -2.23. The Hall–Kier alpha value is -0.900. The highest BCUT2D eigenvalue weighted by atomic mass is 16.2. The zero-order valence-corrected chi connectivity index (χ0v) is 11.6. The van der Waals surface area contributed by atoms with E-state index < -0.39 is 0 Å². The van der Waals surface area contributed by atoms with E-state index in [4.69, 9.17) is 0 Å². The molecule has 4 nitrogen and oxygen atoms in total. The van der Waals surface area contributed by atoms with Crippen LogP contribution in [0.4, 0.5) is 0 Å². The molecule has 3 atom stereocenters. The number of carbonyl (C=O) groups excluding carboxylic acids is 2. The first kappa shape index (κ1) is 13.5. The number of nitrogens with one attached hydrogen (secondary N) is 1. The van der Waals surface area contributed by atoms with Crippen molar-refractivity contribution in [2.45, 2.75) is 46.1 Å². The molecule has 0 aromatic heterocycles. The van der Waals surface area contributed by atoms with E-state index in [-0.39, 0.29) is 29.7 Å². The lowest BCUT2D eigenvalue weighted by molar-refractivity contribution is -0.140. The van der Waals surface area contributed by atoms with Crippen LogP contribution in [0.2, 0.25) is 0 Å². The Bertz CT molecular complexity index is 319. The average Bonchev–Trinajstić information content (AvgIpc) is 2.82. The average molecular weight is 252 g/mol. The van der Waals surface area contributed by atoms with Crippen molar-refractivity contribution in [1.29, 1.82) is 0 Å². The molecule has 1 aliphatic carbocycles. The molecular weight excluding hydrogens is 228 g/mol. The number of fused-ring (bicyclic) bond motifs is 1. The van der Waals surface area contributed by atoms with Gasteiger partial charge in [-0.2, -0.15) is 0 Å². The van der Waals surface area contributed by atoms with Crippen LogP contribution in [0.15, 0.2) is 0 Å². The van der Waals surface area contributed by atoms with Crippen LogP contribution in [0, 0.1) is 17.8 Å². The molecular formula is C14H24N2O2. The minimum Gasteiger partial charge on any atom is -0.312 e. The van der Waals surface area contributed by atoms with E-state index in [1.807, 2.05) is 6.92 Å². The minimum atomic E-state index is -0.0216. The maximum Gasteiger partial charge on any atom is 0.233 e. The van der Waals surface area contributed by atoms with Gasteiger partial charge in [-0.1, -0.05) is 20.8 Å². The van der Waals surface area contributed by atoms with Crippen molar-refractivity contribution in [3.63, 3.8) is 0 Å². The lowest BCUT2D eigenvalue weighted by Crippen LogP contribution is -2.44. The Kier molecular flexibility index (Phi) is 4.05. The lowest BCUT2D eigenvalue weighted by atomic mass is 10.00. The van der Waals surface area contributed by atoms with E-state index in [1.165, 1.54) is 4.90 Å². The Balaban J connectivity index is 2.03. The molecule has 0 aromatic carbocycles. The van der Waals surface area contributed by atoms with Gasteiger partial charge in [0.25, 0.3) is 0 Å². The van der Waals surface area contributed by atoms with Crippen molar-refractivity contribution in [3.05, 3.63) is 0 Å². The summed E-state index contributed by atoms with van der Waals surface area (Å²) in [4.78, 5) is 26.1. The molecule has 1 heterocycles. The molecule has 1 saturated carbocycles. The van der Waals surface area contributed by atoms with Gasteiger partial charge < -0.3 is 5.32 Å². The molecule has 2 amide bonds. The Labute approximate surface area is 109 Å². The molecule has 102 valence electrons. The van der Waals surface area contributed by atoms with Gasteiger partial charge in [-0.3, -0.25) is 14.5 Å². The standard InChI is InChI=1S/C14H24N2O2/c1-4-10(15-5-2)8-16-13(17)11-6-9(3)7-12(11)14(16)18/h9-12,15H,4-8H2,1-3H3. The van der Waals surface area contributed by atoms with Crippen molar-refractivity contribution < 1.29 is 9.59 Å². The summed E-state index contributed by atoms with van der Waals surface area (Å²) >= 11 is 0. The molecule has 0 aromatic rings. The zero-order chi connectivity index (χ0) is 13.3. The smallest absolute Gasteiger partial charge is 0.233 e. The molecule has 18 heavy (non-hydrogen) atoms. The SMILES string of the molecule is CCNC(CC)CN1C(=O)C2CC(C)CC2C1=O. The first-order valence-electron chi connectivity index (χ1n) is 7.17. The molecule has 1 aliphatic heterocycles. The molecule has 2 rings (SSSR count). The van der Waals surface area contributed by atoms with Crippen LogP contribution in [0.1, 0.15) is 40.0 Å². The number of likely N-dealkylation sites (N-methyl/N-ethyl adjacent to an activating group) is 1. The first-order chi connectivity index (χ1) is 8.58. The Morgan fingerprint density at radius 3 is 2.22 bits per heavy atom. The number of likely N-dealkylation sites (tertiary alicyclic amines) is 1. The molecule has 3 unspecified atom stereocenters. The number of hydrogen-bond acceptors (Lipinski definition) is 3. The largest absolute Gasteiger partial charge is 0.312 e. The third-order valence-electron chi connectivity index (χ3n) is 4.35. The summed E-state index contributed by atoms with van der Waals surface area (Å²) in [5.74, 6) is 0.625. The molecule has 1 saturated heterocycles. The highest BCUT2D eigenvalue weighted by molar-refractivity contribution is 6.05. The van der Waals surface area contributed by atoms with E-state index in [2.05, 4.69) is 19.2 Å². The van der Waals surface area contributed by atoms with Gasteiger partial charge >= 0.3 is 0 Å². The molecule has 0 radical (unpaired) electrons. The molecule has 1 N–H and O–H groups in total. The molecule has 0 bridgehead atoms. The second-order valence-corrected chi connectivity index (χ2v) is 5.74. The van der Waals surface area contributed by atoms with Gasteiger partial charge in [0.05, 0.1) is 11.8 Å². The maximum absolute atomic E-state index is 12.3. The summed E-state index contributed by atoms with van der Waals surface area (Å²) in [6, 6.07) is 0.235. The van der Waals surface area contributed by atoms with Crippen LogP contribution in [-0.4, -0.2) is 35.8 Å². The van der Waals surface area contributed by atoms with Gasteiger partial charge in [0.1, 0.15) is 0 Å². The first-order valence-corrected chi connectivity index (χ1v) is 7.17. The second kappa shape index (κ2) is 5.39. The van der Waals surface area contributed by atoms with Crippen molar-refractivity contribution in [1.82, 2.24) is 10.2 Å². The van der Waals surface area contributed by atoms with Gasteiger partial charge in [-0.05, 0) is 31.7 Å². The summed E-state index contributed by atoms with van der Waals surface area (Å²) in [7, 11) is 0. The number of amides is 2. The molecule has 4 heteroatoms. The van der Waals surface area contributed by atoms with E-state index in [1.54, 1.807) is 0 Å². The minimum absolute atomic E-state index is 0.0216. The summed E-state index contributed by atoms with van der Waals surface area (Å²) in [6.07, 6.45) is 2.73. The van der Waals surface area contributed by atoms with Crippen molar-refractivity contribution in [3.8, 4) is 0 Å². The third kappa shape index (κ3) is 2.30. The maximum atomic E-state index is 12.3. The second-order valence-electron chi connectivity index (χ2n) is 5.74. The Morgan fingerprint density at radius 1 is 1.22 bits per heavy atom. The van der Waals surface area contributed by atoms with Gasteiger partial charge in [0, 0.05) is 12.6 Å². The van der Waals surface area contributed by atoms with Gasteiger partial charge in [-0.25, -0.2) is 0 Å². The fourth-order valence-corrected chi connectivity index (χ4v) is 3.37. The number of carbonyl (C=O) groups is 2. The van der Waals surface area contributed by atoms with E-state index in [9.17, 15) is 9.59 Å². The number of imide groups is 1. The molecule has 2 aliphatic rings. The van der Waals surface area contributed by atoms with Crippen molar-refractivity contribution in [2.75, 3.05) is 13.1 Å². The van der Waals surface area contributed by atoms with Crippen molar-refractivity contribution >= 4 is 11.8 Å². The molecule has 0 spiro atoms. The quantitative estimate of drug-likeness (QED) is 0.753. The van der Waals surface area contributed by atoms with Crippen LogP contribution in [0.3, 0.4) is 0 Å². The third-order valence-corrected chi connectivity index (χ3v) is 4.35. The highest BCUT2D eigenvalue weighted by Crippen LogP contribution is 2.42. The van der Waals surface area contributed by atoms with Crippen LogP contribution >= 0.6 is 0 Å². The highest BCUT2D eigenvalue weighted by Gasteiger charge is 2.51. The van der Waals surface area contributed by atoms with Gasteiger partial charge in [0.15, 0.2) is 0 Å². The van der Waals surface area contributed by atoms with Crippen LogP contribution in [0.5, 0.6) is 0 Å². The normalized spacial score (nSPS) is 33.1. The fourth-order valence-electron chi connectivity index (χ4n) is 3.37. The van der Waals surface area contributed by atoms with Gasteiger partial charge in [-0.15, -0.1) is 0 Å². The van der Waals surface area contributed by atoms with Crippen LogP contribution in [0.25, 0.3) is 0 Å². The van der Waals surface area contributed by atoms with E-state index >= 15 is 0 Å². The molecule has 2 fully saturated rings. The summed E-state index contributed by atoms with van der Waals surface area (Å²) in [6.45, 7) is 7.69. The predicted molar refractivity (Wildman–Crippen MR) is 69.9 cm³/mol. The number of rotatable bonds is 5. The van der Waals surface area contributed by atoms with E-state index in [0.717, 1.165) is 25.8 Å². The van der Waals surface area contributed by atoms with Crippen LogP contribution < -0.4 is 5.32 Å². The fraction of sp³-hybridized carbons (Fsp3) is 0.857. The van der Waals surface area contributed by atoms with Crippen LogP contribution in [-0.2, 0) is 9.59 Å². The number of nitrogens with zero attached hydrogens (tertiary/aromatic N) is 1. The summed E-state index contributed by atoms with van der Waals surface area (Å²) < 4.78 is 0. The van der Waals surface area contributed by atoms with E-state index in [0.29, 0.717) is 12.5 Å². The van der Waals surface area contributed by atoms with Gasteiger partial charge in [0.2, 0.25) is 11.8 Å². The monoisotopic (exact) mass is 252 g/mol. The zero-order valence-electron chi connectivity index (χ0n) is 11.6. The Morgan fingerprint density at radius 2 is 1.78 bits per heavy atom. The number of hydrogen-bond donors (Lipinski definition) is 1. The topological polar surface area (TPSA) is 49.4 Å². The predicted octanol–water partition coefficient (Wildman–Crippen LogP) is 1.41. The summed E-state index contributed by atoms with van der Waals surface area (Å²) in [5.41, 5.74) is 0. The van der Waals surface area contributed by atoms with Crippen molar-refractivity contribution in [2.24, 2.45) is 17.8 Å².